The summed E-state index contributed by atoms with van der Waals surface area (Å²) < 4.78 is 5.42. The van der Waals surface area contributed by atoms with Crippen LogP contribution in [0.3, 0.4) is 0 Å². The first-order valence-electron chi connectivity index (χ1n) is 7.81. The Bertz CT molecular complexity index is 728. The second kappa shape index (κ2) is 8.44. The molecular weight excluding hydrogens is 326 g/mol. The van der Waals surface area contributed by atoms with Gasteiger partial charge in [-0.3, -0.25) is 9.59 Å². The minimum atomic E-state index is -0.348. The summed E-state index contributed by atoms with van der Waals surface area (Å²) in [5.41, 5.74) is 1.38. The van der Waals surface area contributed by atoms with Crippen LogP contribution in [0.1, 0.15) is 34.8 Å². The van der Waals surface area contributed by atoms with E-state index in [1.807, 2.05) is 20.8 Å². The van der Waals surface area contributed by atoms with Crippen molar-refractivity contribution in [3.8, 4) is 5.75 Å². The Morgan fingerprint density at radius 1 is 1.25 bits per heavy atom. The molecule has 2 rings (SSSR count). The molecule has 2 amide bonds. The van der Waals surface area contributed by atoms with Crippen molar-refractivity contribution in [2.45, 2.75) is 27.2 Å². The molecule has 0 unspecified atom stereocenters. The molecule has 0 radical (unpaired) electrons. The van der Waals surface area contributed by atoms with Crippen molar-refractivity contribution in [1.82, 2.24) is 10.3 Å². The summed E-state index contributed by atoms with van der Waals surface area (Å²) in [7, 11) is 0. The number of aryl methyl sites for hydroxylation is 2. The molecule has 24 heavy (non-hydrogen) atoms. The van der Waals surface area contributed by atoms with Crippen molar-refractivity contribution >= 4 is 28.3 Å². The molecule has 0 aliphatic carbocycles. The van der Waals surface area contributed by atoms with Gasteiger partial charge in [0, 0.05) is 4.88 Å². The van der Waals surface area contributed by atoms with Gasteiger partial charge in [-0.2, -0.15) is 0 Å². The van der Waals surface area contributed by atoms with E-state index in [0.29, 0.717) is 23.1 Å². The van der Waals surface area contributed by atoms with Crippen LogP contribution in [-0.2, 0) is 11.2 Å². The number of nitrogens with one attached hydrogen (secondary N) is 2. The van der Waals surface area contributed by atoms with E-state index < -0.39 is 0 Å². The number of nitrogens with zero attached hydrogens (tertiary/aromatic N) is 1. The van der Waals surface area contributed by atoms with Crippen molar-refractivity contribution in [2.24, 2.45) is 0 Å². The van der Waals surface area contributed by atoms with Gasteiger partial charge in [-0.15, -0.1) is 11.3 Å². The van der Waals surface area contributed by atoms with Crippen LogP contribution >= 0.6 is 11.3 Å². The smallest absolute Gasteiger partial charge is 0.255 e. The lowest BCUT2D eigenvalue weighted by molar-refractivity contribution is -0.115. The van der Waals surface area contributed by atoms with Gasteiger partial charge in [-0.1, -0.05) is 19.1 Å². The molecule has 0 aliphatic rings. The first-order chi connectivity index (χ1) is 11.5. The number of carbonyl (C=O) groups is 2. The predicted octanol–water partition coefficient (Wildman–Crippen LogP) is 2.78. The summed E-state index contributed by atoms with van der Waals surface area (Å²) in [4.78, 5) is 29.6. The molecule has 0 fully saturated rings. The minimum absolute atomic E-state index is 0.126. The third kappa shape index (κ3) is 4.55. The van der Waals surface area contributed by atoms with Crippen molar-refractivity contribution in [3.63, 3.8) is 0 Å². The lowest BCUT2D eigenvalue weighted by atomic mass is 10.2. The fourth-order valence-electron chi connectivity index (χ4n) is 2.16. The van der Waals surface area contributed by atoms with Gasteiger partial charge in [0.2, 0.25) is 5.91 Å². The second-order valence-corrected chi connectivity index (χ2v) is 6.24. The number of ether oxygens (including phenoxy) is 1. The van der Waals surface area contributed by atoms with Gasteiger partial charge in [0.15, 0.2) is 5.13 Å². The summed E-state index contributed by atoms with van der Waals surface area (Å²) >= 11 is 1.43. The number of anilines is 1. The van der Waals surface area contributed by atoms with E-state index in [4.69, 9.17) is 4.74 Å². The number of hydrogen-bond donors (Lipinski definition) is 2. The molecule has 0 aliphatic heterocycles. The molecule has 6 nitrogen and oxygen atoms in total. The molecule has 0 bridgehead atoms. The number of thiazole rings is 1. The quantitative estimate of drug-likeness (QED) is 0.807. The SMILES string of the molecule is CCOc1ccccc1C(=O)NCC(=O)Nc1nc(CC)c(C)s1. The molecule has 0 atom stereocenters. The Balaban J connectivity index is 1.92. The number of hydrogen-bond acceptors (Lipinski definition) is 5. The molecule has 1 aromatic heterocycles. The highest BCUT2D eigenvalue weighted by molar-refractivity contribution is 7.15. The monoisotopic (exact) mass is 347 g/mol. The maximum absolute atomic E-state index is 12.2. The van der Waals surface area contributed by atoms with E-state index in [-0.39, 0.29) is 18.4 Å². The summed E-state index contributed by atoms with van der Waals surface area (Å²) in [5.74, 6) is -0.159. The maximum atomic E-state index is 12.2. The fraction of sp³-hybridized carbons (Fsp3) is 0.353. The van der Waals surface area contributed by atoms with Gasteiger partial charge >= 0.3 is 0 Å². The molecule has 128 valence electrons. The Labute approximate surface area is 145 Å². The summed E-state index contributed by atoms with van der Waals surface area (Å²) in [5, 5.41) is 5.86. The topological polar surface area (TPSA) is 80.3 Å². The number of benzene rings is 1. The van der Waals surface area contributed by atoms with Gasteiger partial charge in [0.25, 0.3) is 5.91 Å². The van der Waals surface area contributed by atoms with Crippen LogP contribution in [0.5, 0.6) is 5.75 Å². The summed E-state index contributed by atoms with van der Waals surface area (Å²) in [6.45, 7) is 6.18. The zero-order valence-corrected chi connectivity index (χ0v) is 14.8. The van der Waals surface area contributed by atoms with Gasteiger partial charge < -0.3 is 15.4 Å². The molecule has 0 saturated carbocycles. The standard InChI is InChI=1S/C17H21N3O3S/c1-4-13-11(3)24-17(19-13)20-15(21)10-18-16(22)12-8-6-7-9-14(12)23-5-2/h6-9H,4-5,10H2,1-3H3,(H,18,22)(H,19,20,21). The first kappa shape index (κ1) is 17.9. The van der Waals surface area contributed by atoms with Crippen LogP contribution < -0.4 is 15.4 Å². The summed E-state index contributed by atoms with van der Waals surface area (Å²) in [6.07, 6.45) is 0.823. The van der Waals surface area contributed by atoms with Crippen LogP contribution in [-0.4, -0.2) is 29.9 Å². The third-order valence-electron chi connectivity index (χ3n) is 3.31. The molecule has 0 spiro atoms. The minimum Gasteiger partial charge on any atom is -0.493 e. The van der Waals surface area contributed by atoms with Crippen molar-refractivity contribution < 1.29 is 14.3 Å². The first-order valence-corrected chi connectivity index (χ1v) is 8.63. The number of rotatable bonds is 7. The van der Waals surface area contributed by atoms with E-state index in [1.165, 1.54) is 11.3 Å². The average Bonchev–Trinajstić information content (AvgIpc) is 2.93. The van der Waals surface area contributed by atoms with Gasteiger partial charge in [0.1, 0.15) is 5.75 Å². The average molecular weight is 347 g/mol. The highest BCUT2D eigenvalue weighted by Crippen LogP contribution is 2.22. The van der Waals surface area contributed by atoms with Crippen molar-refractivity contribution in [2.75, 3.05) is 18.5 Å². The van der Waals surface area contributed by atoms with Crippen LogP contribution in [0.25, 0.3) is 0 Å². The predicted molar refractivity (Wildman–Crippen MR) is 94.8 cm³/mol. The molecule has 0 saturated heterocycles. The van der Waals surface area contributed by atoms with Crippen LogP contribution in [0.4, 0.5) is 5.13 Å². The van der Waals surface area contributed by atoms with Gasteiger partial charge in [-0.25, -0.2) is 4.98 Å². The van der Waals surface area contributed by atoms with Gasteiger partial charge in [0.05, 0.1) is 24.4 Å². The van der Waals surface area contributed by atoms with Crippen molar-refractivity contribution in [3.05, 3.63) is 40.4 Å². The highest BCUT2D eigenvalue weighted by Gasteiger charge is 2.14. The molecular formula is C17H21N3O3S. The molecule has 2 aromatic rings. The van der Waals surface area contributed by atoms with Crippen molar-refractivity contribution in [1.29, 1.82) is 0 Å². The number of carbonyl (C=O) groups excluding carboxylic acids is 2. The van der Waals surface area contributed by atoms with E-state index in [9.17, 15) is 9.59 Å². The Hall–Kier alpha value is -2.41. The molecule has 1 heterocycles. The van der Waals surface area contributed by atoms with E-state index in [1.54, 1.807) is 24.3 Å². The molecule has 7 heteroatoms. The Morgan fingerprint density at radius 2 is 2.00 bits per heavy atom. The third-order valence-corrected chi connectivity index (χ3v) is 4.24. The lowest BCUT2D eigenvalue weighted by Gasteiger charge is -2.10. The Kier molecular flexibility index (Phi) is 6.31. The second-order valence-electron chi connectivity index (χ2n) is 5.04. The molecule has 1 aromatic carbocycles. The number of para-hydroxylation sites is 1. The number of aromatic nitrogens is 1. The van der Waals surface area contributed by atoms with Crippen LogP contribution in [0.2, 0.25) is 0 Å². The van der Waals surface area contributed by atoms with Gasteiger partial charge in [-0.05, 0) is 32.4 Å². The zero-order chi connectivity index (χ0) is 17.5. The normalized spacial score (nSPS) is 10.3. The van der Waals surface area contributed by atoms with E-state index in [0.717, 1.165) is 17.0 Å². The fourth-order valence-corrected chi connectivity index (χ4v) is 3.08. The highest BCUT2D eigenvalue weighted by atomic mass is 32.1. The lowest BCUT2D eigenvalue weighted by Crippen LogP contribution is -2.33. The van der Waals surface area contributed by atoms with E-state index >= 15 is 0 Å². The Morgan fingerprint density at radius 3 is 2.67 bits per heavy atom. The van der Waals surface area contributed by atoms with E-state index in [2.05, 4.69) is 15.6 Å². The molecule has 2 N–H and O–H groups in total. The van der Waals surface area contributed by atoms with Crippen LogP contribution in [0.15, 0.2) is 24.3 Å². The maximum Gasteiger partial charge on any atom is 0.255 e. The number of amides is 2. The largest absolute Gasteiger partial charge is 0.493 e. The van der Waals surface area contributed by atoms with Crippen LogP contribution in [0, 0.1) is 6.92 Å². The summed E-state index contributed by atoms with van der Waals surface area (Å²) in [6, 6.07) is 6.94. The zero-order valence-electron chi connectivity index (χ0n) is 14.0.